The van der Waals surface area contributed by atoms with Gasteiger partial charge in [0.05, 0.1) is 7.11 Å². The van der Waals surface area contributed by atoms with Crippen LogP contribution in [0.25, 0.3) is 0 Å². The van der Waals surface area contributed by atoms with Crippen molar-refractivity contribution in [3.63, 3.8) is 0 Å². The van der Waals surface area contributed by atoms with Gasteiger partial charge >= 0.3 is 5.97 Å². The number of nitrogens with one attached hydrogen (secondary N) is 1. The maximum atomic E-state index is 12.0. The first-order valence-corrected chi connectivity index (χ1v) is 7.43. The fourth-order valence-electron chi connectivity index (χ4n) is 2.65. The van der Waals surface area contributed by atoms with Crippen molar-refractivity contribution < 1.29 is 14.3 Å². The van der Waals surface area contributed by atoms with Gasteiger partial charge in [-0.1, -0.05) is 32.6 Å². The third-order valence-electron chi connectivity index (χ3n) is 4.08. The molecule has 19 heavy (non-hydrogen) atoms. The summed E-state index contributed by atoms with van der Waals surface area (Å²) in [5.74, 6) is 0.0852. The lowest BCUT2D eigenvalue weighted by Gasteiger charge is -2.22. The summed E-state index contributed by atoms with van der Waals surface area (Å²) in [4.78, 5) is 22.9. The lowest BCUT2D eigenvalue weighted by molar-refractivity contribution is -0.140. The maximum absolute atomic E-state index is 12.0. The van der Waals surface area contributed by atoms with E-state index in [0.717, 1.165) is 45.1 Å². The van der Waals surface area contributed by atoms with Gasteiger partial charge < -0.3 is 10.1 Å². The highest BCUT2D eigenvalue weighted by Gasteiger charge is 2.35. The Morgan fingerprint density at radius 1 is 1.11 bits per heavy atom. The normalized spacial score (nSPS) is 17.2. The van der Waals surface area contributed by atoms with Crippen molar-refractivity contribution in [3.8, 4) is 0 Å². The number of rotatable bonds is 8. The second-order valence-corrected chi connectivity index (χ2v) is 5.76. The van der Waals surface area contributed by atoms with E-state index >= 15 is 0 Å². The smallest absolute Gasteiger partial charge is 0.305 e. The molecule has 0 unspecified atom stereocenters. The molecule has 0 aliphatic heterocycles. The Morgan fingerprint density at radius 3 is 2.37 bits per heavy atom. The molecule has 1 aliphatic rings. The summed E-state index contributed by atoms with van der Waals surface area (Å²) < 4.78 is 4.58. The SMILES string of the molecule is COC(=O)CCCCCCNC(=O)C1(C)CCCC1. The largest absolute Gasteiger partial charge is 0.469 e. The molecule has 110 valence electrons. The van der Waals surface area contributed by atoms with Gasteiger partial charge in [0.25, 0.3) is 0 Å². The van der Waals surface area contributed by atoms with Gasteiger partial charge in [0.1, 0.15) is 0 Å². The first kappa shape index (κ1) is 16.0. The Balaban J connectivity index is 1.99. The van der Waals surface area contributed by atoms with Gasteiger partial charge in [-0.25, -0.2) is 0 Å². The lowest BCUT2D eigenvalue weighted by atomic mass is 9.88. The first-order chi connectivity index (χ1) is 9.08. The van der Waals surface area contributed by atoms with Crippen molar-refractivity contribution in [1.82, 2.24) is 5.32 Å². The lowest BCUT2D eigenvalue weighted by Crippen LogP contribution is -2.37. The van der Waals surface area contributed by atoms with Crippen LogP contribution in [0.1, 0.15) is 64.7 Å². The van der Waals surface area contributed by atoms with E-state index in [2.05, 4.69) is 17.0 Å². The Labute approximate surface area is 116 Å². The number of ether oxygens (including phenoxy) is 1. The molecule has 0 heterocycles. The summed E-state index contributed by atoms with van der Waals surface area (Å²) >= 11 is 0. The number of methoxy groups -OCH3 is 1. The van der Waals surface area contributed by atoms with Crippen molar-refractivity contribution in [2.75, 3.05) is 13.7 Å². The second kappa shape index (κ2) is 8.18. The molecule has 0 bridgehead atoms. The number of hydrogen-bond donors (Lipinski definition) is 1. The maximum Gasteiger partial charge on any atom is 0.305 e. The van der Waals surface area contributed by atoms with Crippen LogP contribution in [-0.2, 0) is 14.3 Å². The molecule has 0 saturated heterocycles. The molecule has 4 nitrogen and oxygen atoms in total. The van der Waals surface area contributed by atoms with Crippen LogP contribution in [0.15, 0.2) is 0 Å². The molecule has 0 atom stereocenters. The summed E-state index contributed by atoms with van der Waals surface area (Å²) in [6.45, 7) is 2.83. The van der Waals surface area contributed by atoms with E-state index in [1.165, 1.54) is 20.0 Å². The van der Waals surface area contributed by atoms with E-state index in [1.807, 2.05) is 0 Å². The number of hydrogen-bond acceptors (Lipinski definition) is 3. The molecule has 0 aromatic rings. The third kappa shape index (κ3) is 5.62. The topological polar surface area (TPSA) is 55.4 Å². The van der Waals surface area contributed by atoms with E-state index in [4.69, 9.17) is 0 Å². The third-order valence-corrected chi connectivity index (χ3v) is 4.08. The Kier molecular flexibility index (Phi) is 6.89. The van der Waals surface area contributed by atoms with Crippen molar-refractivity contribution in [1.29, 1.82) is 0 Å². The number of carbonyl (C=O) groups excluding carboxylic acids is 2. The highest BCUT2D eigenvalue weighted by molar-refractivity contribution is 5.82. The minimum Gasteiger partial charge on any atom is -0.469 e. The average Bonchev–Trinajstić information content (AvgIpc) is 2.85. The standard InChI is InChI=1S/C15H27NO3/c1-15(10-6-7-11-15)14(18)16-12-8-4-3-5-9-13(17)19-2/h3-12H2,1-2H3,(H,16,18). The molecule has 1 aliphatic carbocycles. The Morgan fingerprint density at radius 2 is 1.74 bits per heavy atom. The van der Waals surface area contributed by atoms with Crippen LogP contribution in [0, 0.1) is 5.41 Å². The molecule has 0 aromatic carbocycles. The van der Waals surface area contributed by atoms with Gasteiger partial charge in [-0.2, -0.15) is 0 Å². The van der Waals surface area contributed by atoms with Crippen LogP contribution in [0.5, 0.6) is 0 Å². The van der Waals surface area contributed by atoms with Gasteiger partial charge in [-0.15, -0.1) is 0 Å². The predicted octanol–water partition coefficient (Wildman–Crippen LogP) is 2.81. The number of carbonyl (C=O) groups is 2. The van der Waals surface area contributed by atoms with E-state index in [9.17, 15) is 9.59 Å². The van der Waals surface area contributed by atoms with Crippen molar-refractivity contribution in [2.45, 2.75) is 64.7 Å². The molecule has 0 spiro atoms. The average molecular weight is 269 g/mol. The van der Waals surface area contributed by atoms with E-state index < -0.39 is 0 Å². The van der Waals surface area contributed by atoms with Gasteiger partial charge in [0.15, 0.2) is 0 Å². The first-order valence-electron chi connectivity index (χ1n) is 7.43. The van der Waals surface area contributed by atoms with Crippen molar-refractivity contribution >= 4 is 11.9 Å². The molecule has 1 N–H and O–H groups in total. The summed E-state index contributed by atoms with van der Waals surface area (Å²) in [6, 6.07) is 0. The molecule has 0 radical (unpaired) electrons. The van der Waals surface area contributed by atoms with Crippen molar-refractivity contribution in [3.05, 3.63) is 0 Å². The zero-order chi connectivity index (χ0) is 14.1. The summed E-state index contributed by atoms with van der Waals surface area (Å²) in [6.07, 6.45) is 8.84. The van der Waals surface area contributed by atoms with Crippen LogP contribution in [0.3, 0.4) is 0 Å². The molecule has 4 heteroatoms. The minimum atomic E-state index is -0.137. The highest BCUT2D eigenvalue weighted by Crippen LogP contribution is 2.37. The summed E-state index contributed by atoms with van der Waals surface area (Å²) in [7, 11) is 1.42. The zero-order valence-electron chi connectivity index (χ0n) is 12.3. The van der Waals surface area contributed by atoms with Crippen LogP contribution >= 0.6 is 0 Å². The highest BCUT2D eigenvalue weighted by atomic mass is 16.5. The van der Waals surface area contributed by atoms with E-state index in [-0.39, 0.29) is 17.3 Å². The fraction of sp³-hybridized carbons (Fsp3) is 0.867. The van der Waals surface area contributed by atoms with E-state index in [0.29, 0.717) is 6.42 Å². The quantitative estimate of drug-likeness (QED) is 0.544. The van der Waals surface area contributed by atoms with Crippen LogP contribution in [0.4, 0.5) is 0 Å². The zero-order valence-corrected chi connectivity index (χ0v) is 12.3. The van der Waals surface area contributed by atoms with Crippen molar-refractivity contribution in [2.24, 2.45) is 5.41 Å². The molecule has 1 rings (SSSR count). The van der Waals surface area contributed by atoms with Gasteiger partial charge in [0.2, 0.25) is 5.91 Å². The molecule has 1 saturated carbocycles. The summed E-state index contributed by atoms with van der Waals surface area (Å²) in [5, 5.41) is 3.05. The molecular weight excluding hydrogens is 242 g/mol. The molecular formula is C15H27NO3. The Bertz CT molecular complexity index is 296. The van der Waals surface area contributed by atoms with Crippen LogP contribution in [-0.4, -0.2) is 25.5 Å². The number of amides is 1. The molecule has 0 aromatic heterocycles. The van der Waals surface area contributed by atoms with Crippen LogP contribution < -0.4 is 5.32 Å². The predicted molar refractivity (Wildman–Crippen MR) is 74.7 cm³/mol. The van der Waals surface area contributed by atoms with Gasteiger partial charge in [0, 0.05) is 18.4 Å². The minimum absolute atomic E-state index is 0.120. The van der Waals surface area contributed by atoms with Gasteiger partial charge in [-0.3, -0.25) is 9.59 Å². The van der Waals surface area contributed by atoms with E-state index in [1.54, 1.807) is 0 Å². The number of unbranched alkanes of at least 4 members (excludes halogenated alkanes) is 3. The Hall–Kier alpha value is -1.06. The summed E-state index contributed by atoms with van der Waals surface area (Å²) in [5.41, 5.74) is -0.120. The monoisotopic (exact) mass is 269 g/mol. The second-order valence-electron chi connectivity index (χ2n) is 5.76. The van der Waals surface area contributed by atoms with Crippen LogP contribution in [0.2, 0.25) is 0 Å². The van der Waals surface area contributed by atoms with Gasteiger partial charge in [-0.05, 0) is 25.7 Å². The number of esters is 1. The fourth-order valence-corrected chi connectivity index (χ4v) is 2.65. The molecule has 1 amide bonds. The molecule has 1 fully saturated rings.